The molecule has 320 valence electrons. The fraction of sp³-hybridized carbons (Fsp3) is 0.0952. The number of hydrogen-bond acceptors (Lipinski definition) is 4. The zero-order valence-corrected chi connectivity index (χ0v) is 38.1. The van der Waals surface area contributed by atoms with Gasteiger partial charge in [0.15, 0.2) is 17.5 Å². The van der Waals surface area contributed by atoms with Crippen molar-refractivity contribution < 1.29 is 0 Å². The van der Waals surface area contributed by atoms with Gasteiger partial charge in [-0.25, -0.2) is 15.0 Å². The number of benzene rings is 9. The van der Waals surface area contributed by atoms with Crippen molar-refractivity contribution in [2.45, 2.75) is 38.5 Å². The fourth-order valence-electron chi connectivity index (χ4n) is 10.9. The van der Waals surface area contributed by atoms with E-state index in [1.165, 1.54) is 39.1 Å². The fourth-order valence-corrected chi connectivity index (χ4v) is 10.9. The lowest BCUT2D eigenvalue weighted by Gasteiger charge is -2.37. The number of rotatable bonds is 8. The SMILES string of the molecule is CC1(C)c2ccccc2-c2c(-c3nc(-c4cccc(-c5ccccc5)c4)nc(-c4cccc(-c5ccccc5)c4)n3)c3c(c(N(c4ccccc4)c4ccccc4)c21)C(C)(C)c1ccccc1-3. The first-order chi connectivity index (χ1) is 32.8. The zero-order chi connectivity index (χ0) is 45.3. The van der Waals surface area contributed by atoms with Crippen molar-refractivity contribution in [3.8, 4) is 78.7 Å². The molecule has 0 aliphatic heterocycles. The Morgan fingerprint density at radius 1 is 0.313 bits per heavy atom. The highest BCUT2D eigenvalue weighted by molar-refractivity contribution is 6.09. The molecule has 2 aliphatic carbocycles. The van der Waals surface area contributed by atoms with Crippen LogP contribution in [0.25, 0.3) is 78.7 Å². The summed E-state index contributed by atoms with van der Waals surface area (Å²) < 4.78 is 0. The molecule has 0 fully saturated rings. The van der Waals surface area contributed by atoms with Gasteiger partial charge in [-0.2, -0.15) is 0 Å². The number of para-hydroxylation sites is 2. The van der Waals surface area contributed by atoms with Crippen molar-refractivity contribution in [3.05, 3.63) is 241 Å². The van der Waals surface area contributed by atoms with Crippen LogP contribution in [-0.4, -0.2) is 15.0 Å². The third kappa shape index (κ3) is 6.54. The maximum atomic E-state index is 5.67. The molecule has 1 aromatic heterocycles. The van der Waals surface area contributed by atoms with Crippen molar-refractivity contribution in [1.29, 1.82) is 0 Å². The molecular weight excluding hydrogens is 813 g/mol. The van der Waals surface area contributed by atoms with E-state index in [1.54, 1.807) is 0 Å². The van der Waals surface area contributed by atoms with Gasteiger partial charge in [-0.3, -0.25) is 0 Å². The van der Waals surface area contributed by atoms with Crippen LogP contribution in [0.5, 0.6) is 0 Å². The van der Waals surface area contributed by atoms with Crippen LogP contribution in [0, 0.1) is 0 Å². The van der Waals surface area contributed by atoms with E-state index >= 15 is 0 Å². The van der Waals surface area contributed by atoms with Gasteiger partial charge in [0, 0.05) is 38.9 Å². The van der Waals surface area contributed by atoms with Crippen LogP contribution in [-0.2, 0) is 10.8 Å². The summed E-state index contributed by atoms with van der Waals surface area (Å²) in [5, 5.41) is 0. The van der Waals surface area contributed by atoms with Crippen LogP contribution in [0.1, 0.15) is 49.9 Å². The Kier molecular flexibility index (Phi) is 9.47. The van der Waals surface area contributed by atoms with E-state index < -0.39 is 10.8 Å². The average molecular weight is 861 g/mol. The highest BCUT2D eigenvalue weighted by Gasteiger charge is 2.49. The van der Waals surface area contributed by atoms with Crippen molar-refractivity contribution in [2.75, 3.05) is 4.90 Å². The minimum Gasteiger partial charge on any atom is -0.310 e. The lowest BCUT2D eigenvalue weighted by Crippen LogP contribution is -2.26. The minimum atomic E-state index is -0.412. The number of aromatic nitrogens is 3. The Labute approximate surface area is 393 Å². The van der Waals surface area contributed by atoms with E-state index in [-0.39, 0.29) is 0 Å². The molecule has 4 heteroatoms. The number of hydrogen-bond donors (Lipinski definition) is 0. The third-order valence-electron chi connectivity index (χ3n) is 14.0. The largest absolute Gasteiger partial charge is 0.310 e. The van der Waals surface area contributed by atoms with E-state index in [2.05, 4.69) is 251 Å². The second-order valence-corrected chi connectivity index (χ2v) is 18.8. The van der Waals surface area contributed by atoms with Crippen LogP contribution in [0.4, 0.5) is 17.1 Å². The second-order valence-electron chi connectivity index (χ2n) is 18.8. The molecule has 0 saturated heterocycles. The summed E-state index contributed by atoms with van der Waals surface area (Å²) in [6.07, 6.45) is 0. The quantitative estimate of drug-likeness (QED) is 0.153. The highest BCUT2D eigenvalue weighted by Crippen LogP contribution is 2.65. The van der Waals surface area contributed by atoms with Crippen LogP contribution in [0.2, 0.25) is 0 Å². The van der Waals surface area contributed by atoms with Crippen molar-refractivity contribution >= 4 is 17.1 Å². The highest BCUT2D eigenvalue weighted by atomic mass is 15.2. The summed E-state index contributed by atoms with van der Waals surface area (Å²) in [5.41, 5.74) is 19.8. The van der Waals surface area contributed by atoms with Gasteiger partial charge in [-0.15, -0.1) is 0 Å². The Morgan fingerprint density at radius 2 is 0.657 bits per heavy atom. The first kappa shape index (κ1) is 40.3. The first-order valence-electron chi connectivity index (χ1n) is 23.2. The number of nitrogens with zero attached hydrogens (tertiary/aromatic N) is 4. The van der Waals surface area contributed by atoms with Gasteiger partial charge in [-0.05, 0) is 103 Å². The molecule has 0 spiro atoms. The summed E-state index contributed by atoms with van der Waals surface area (Å²) in [5.74, 6) is 1.90. The van der Waals surface area contributed by atoms with Gasteiger partial charge < -0.3 is 4.90 Å². The Hall–Kier alpha value is -8.21. The molecule has 0 N–H and O–H groups in total. The Balaban J connectivity index is 1.23. The molecule has 0 amide bonds. The molecule has 0 saturated carbocycles. The van der Waals surface area contributed by atoms with Crippen molar-refractivity contribution in [2.24, 2.45) is 0 Å². The number of anilines is 3. The minimum absolute atomic E-state index is 0.412. The van der Waals surface area contributed by atoms with E-state index in [0.29, 0.717) is 17.5 Å². The Bertz CT molecular complexity index is 3280. The van der Waals surface area contributed by atoms with Crippen LogP contribution in [0.15, 0.2) is 218 Å². The molecule has 12 rings (SSSR count). The standard InChI is InChI=1S/C63H48N4/c1-62(2)51-37-19-17-35-49(51)53-55(54-50-36-18-20-38-52(50)63(3,4)57(54)58(56(53)62)67(47-31-13-7-14-32-47)48-33-15-8-16-34-48)61-65-59(45-29-21-27-43(39-45)41-23-9-5-10-24-41)64-60(66-61)46-30-22-28-44(40-46)42-25-11-6-12-26-42/h5-40H,1-4H3. The zero-order valence-electron chi connectivity index (χ0n) is 38.1. The molecule has 4 nitrogen and oxygen atoms in total. The molecule has 0 bridgehead atoms. The molecule has 0 atom stereocenters. The summed E-state index contributed by atoms with van der Waals surface area (Å²) in [6, 6.07) is 78.0. The van der Waals surface area contributed by atoms with Crippen LogP contribution >= 0.6 is 0 Å². The smallest absolute Gasteiger partial charge is 0.165 e. The van der Waals surface area contributed by atoms with E-state index in [0.717, 1.165) is 61.4 Å². The monoisotopic (exact) mass is 860 g/mol. The molecule has 10 aromatic rings. The van der Waals surface area contributed by atoms with Gasteiger partial charge in [-0.1, -0.05) is 210 Å². The van der Waals surface area contributed by atoms with Gasteiger partial charge in [0.25, 0.3) is 0 Å². The first-order valence-corrected chi connectivity index (χ1v) is 23.2. The Morgan fingerprint density at radius 3 is 1.09 bits per heavy atom. The normalized spacial score (nSPS) is 13.6. The lowest BCUT2D eigenvalue weighted by molar-refractivity contribution is 0.640. The molecule has 9 aromatic carbocycles. The van der Waals surface area contributed by atoms with E-state index in [9.17, 15) is 0 Å². The van der Waals surface area contributed by atoms with Crippen molar-refractivity contribution in [3.63, 3.8) is 0 Å². The maximum Gasteiger partial charge on any atom is 0.165 e. The van der Waals surface area contributed by atoms with Crippen LogP contribution in [0.3, 0.4) is 0 Å². The predicted molar refractivity (Wildman–Crippen MR) is 277 cm³/mol. The van der Waals surface area contributed by atoms with Crippen molar-refractivity contribution in [1.82, 2.24) is 15.0 Å². The molecule has 0 unspecified atom stereocenters. The van der Waals surface area contributed by atoms with Gasteiger partial charge in [0.05, 0.1) is 5.69 Å². The third-order valence-corrected chi connectivity index (χ3v) is 14.0. The molecular formula is C63H48N4. The molecule has 2 aliphatic rings. The van der Waals surface area contributed by atoms with E-state index in [1.807, 2.05) is 0 Å². The van der Waals surface area contributed by atoms with Crippen LogP contribution < -0.4 is 4.90 Å². The summed E-state index contributed by atoms with van der Waals surface area (Å²) in [6.45, 7) is 9.59. The second kappa shape index (κ2) is 15.7. The summed E-state index contributed by atoms with van der Waals surface area (Å²) >= 11 is 0. The molecule has 1 heterocycles. The van der Waals surface area contributed by atoms with Gasteiger partial charge in [0.2, 0.25) is 0 Å². The topological polar surface area (TPSA) is 41.9 Å². The predicted octanol–water partition coefficient (Wildman–Crippen LogP) is 16.3. The van der Waals surface area contributed by atoms with E-state index in [4.69, 9.17) is 15.0 Å². The average Bonchev–Trinajstić information content (AvgIpc) is 3.77. The number of fused-ring (bicyclic) bond motifs is 6. The molecule has 67 heavy (non-hydrogen) atoms. The molecule has 0 radical (unpaired) electrons. The summed E-state index contributed by atoms with van der Waals surface area (Å²) in [7, 11) is 0. The van der Waals surface area contributed by atoms with Gasteiger partial charge in [0.1, 0.15) is 0 Å². The maximum absolute atomic E-state index is 5.67. The lowest BCUT2D eigenvalue weighted by atomic mass is 9.74. The summed E-state index contributed by atoms with van der Waals surface area (Å²) in [4.78, 5) is 19.2. The van der Waals surface area contributed by atoms with Gasteiger partial charge >= 0.3 is 0 Å².